The summed E-state index contributed by atoms with van der Waals surface area (Å²) in [5.74, 6) is 1.65. The Labute approximate surface area is 237 Å². The molecule has 1 aromatic heterocycles. The summed E-state index contributed by atoms with van der Waals surface area (Å²) in [6.07, 6.45) is 14.4. The second-order valence-electron chi connectivity index (χ2n) is 12.8. The van der Waals surface area contributed by atoms with Crippen LogP contribution in [0.3, 0.4) is 0 Å². The van der Waals surface area contributed by atoms with Gasteiger partial charge in [0.2, 0.25) is 0 Å². The Hall–Kier alpha value is -2.06. The van der Waals surface area contributed by atoms with Gasteiger partial charge in [0.15, 0.2) is 23.0 Å². The number of ketones is 1. The smallest absolute Gasteiger partial charge is 0.180 e. The van der Waals surface area contributed by atoms with Crippen LogP contribution >= 0.6 is 0 Å². The van der Waals surface area contributed by atoms with Gasteiger partial charge in [-0.2, -0.15) is 0 Å². The minimum absolute atomic E-state index is 0.201. The number of carbonyl (C=O) groups excluding carboxylic acids is 1. The summed E-state index contributed by atoms with van der Waals surface area (Å²) in [4.78, 5) is 17.4. The Kier molecular flexibility index (Phi) is 10.1. The number of halogens is 2. The third-order valence-electron chi connectivity index (χ3n) is 10.2. The first-order chi connectivity index (χ1) is 19.4. The topological polar surface area (TPSA) is 58.8 Å². The van der Waals surface area contributed by atoms with Gasteiger partial charge in [0.25, 0.3) is 0 Å². The van der Waals surface area contributed by atoms with Crippen molar-refractivity contribution in [2.75, 3.05) is 44.7 Å². The molecule has 6 nitrogen and oxygen atoms in total. The average Bonchev–Trinajstić information content (AvgIpc) is 3.38. The zero-order valence-electron chi connectivity index (χ0n) is 24.4. The van der Waals surface area contributed by atoms with Gasteiger partial charge in [0.05, 0.1) is 11.5 Å². The Morgan fingerprint density at radius 2 is 1.57 bits per heavy atom. The number of methoxy groups -OCH3 is 1. The summed E-state index contributed by atoms with van der Waals surface area (Å²) < 4.78 is 38.0. The second-order valence-corrected chi connectivity index (χ2v) is 12.8. The predicted octanol–water partition coefficient (Wildman–Crippen LogP) is 7.01. The Balaban J connectivity index is 0.957. The van der Waals surface area contributed by atoms with Crippen molar-refractivity contribution in [3.8, 4) is 0 Å². The molecule has 1 saturated heterocycles. The van der Waals surface area contributed by atoms with Crippen LogP contribution in [-0.2, 0) is 9.53 Å². The lowest BCUT2D eigenvalue weighted by Crippen LogP contribution is -2.47. The highest BCUT2D eigenvalue weighted by Crippen LogP contribution is 2.35. The molecule has 40 heavy (non-hydrogen) atoms. The van der Waals surface area contributed by atoms with E-state index < -0.39 is 11.6 Å². The van der Waals surface area contributed by atoms with E-state index in [-0.39, 0.29) is 11.5 Å². The van der Waals surface area contributed by atoms with Crippen LogP contribution in [0.1, 0.15) is 84.0 Å². The molecule has 0 amide bonds. The normalized spacial score (nSPS) is 27.2. The van der Waals surface area contributed by atoms with Gasteiger partial charge in [-0.15, -0.1) is 0 Å². The molecule has 2 saturated carbocycles. The molecule has 0 bridgehead atoms. The number of nitrogens with zero attached hydrogens (tertiary/aromatic N) is 3. The number of ether oxygens (including phenoxy) is 1. The molecular weight excluding hydrogens is 512 g/mol. The standard InChI is InChI=1S/C32H47F2N3O3/c1-22(30(38)19-25-9-11-26(39-2)12-10-25)3-4-23-5-7-24(8-6-23)13-14-36-15-17-37(18-16-36)32-27-20-28(33)29(34)21-31(27)40-35-32/h20-26H,3-19H2,1-2H3. The molecule has 2 heterocycles. The lowest BCUT2D eigenvalue weighted by Gasteiger charge is -2.36. The summed E-state index contributed by atoms with van der Waals surface area (Å²) in [6.45, 7) is 6.75. The van der Waals surface area contributed by atoms with E-state index in [9.17, 15) is 13.6 Å². The molecule has 1 unspecified atom stereocenters. The molecule has 8 heteroatoms. The van der Waals surface area contributed by atoms with E-state index >= 15 is 0 Å². The maximum absolute atomic E-state index is 13.8. The summed E-state index contributed by atoms with van der Waals surface area (Å²) >= 11 is 0. The SMILES string of the molecule is COC1CCC(CC(=O)C(C)CCC2CCC(CCN3CCN(c4noc5cc(F)c(F)cc45)CC3)CC2)CC1. The van der Waals surface area contributed by atoms with E-state index in [2.05, 4.69) is 21.9 Å². The van der Waals surface area contributed by atoms with Crippen LogP contribution in [0.15, 0.2) is 16.7 Å². The lowest BCUT2D eigenvalue weighted by molar-refractivity contribution is -0.124. The first-order valence-corrected chi connectivity index (χ1v) is 15.7. The van der Waals surface area contributed by atoms with Gasteiger partial charge in [-0.05, 0) is 75.3 Å². The first-order valence-electron chi connectivity index (χ1n) is 15.7. The van der Waals surface area contributed by atoms with Crippen LogP contribution < -0.4 is 4.90 Å². The first kappa shape index (κ1) is 29.4. The Bertz CT molecular complexity index is 1100. The summed E-state index contributed by atoms with van der Waals surface area (Å²) in [6, 6.07) is 2.26. The number of hydrogen-bond donors (Lipinski definition) is 0. The van der Waals surface area contributed by atoms with Crippen LogP contribution in [0.25, 0.3) is 11.0 Å². The van der Waals surface area contributed by atoms with Crippen molar-refractivity contribution in [2.24, 2.45) is 23.7 Å². The molecule has 1 aliphatic heterocycles. The molecule has 0 N–H and O–H groups in total. The second kappa shape index (κ2) is 13.7. The number of hydrogen-bond acceptors (Lipinski definition) is 6. The van der Waals surface area contributed by atoms with Gasteiger partial charge in [-0.3, -0.25) is 9.69 Å². The monoisotopic (exact) mass is 559 g/mol. The Morgan fingerprint density at radius 3 is 2.25 bits per heavy atom. The van der Waals surface area contributed by atoms with Crippen LogP contribution in [0.5, 0.6) is 0 Å². The molecule has 3 fully saturated rings. The van der Waals surface area contributed by atoms with Crippen LogP contribution in [0, 0.1) is 35.3 Å². The fourth-order valence-electron chi connectivity index (χ4n) is 7.21. The van der Waals surface area contributed by atoms with Gasteiger partial charge in [-0.1, -0.05) is 37.8 Å². The van der Waals surface area contributed by atoms with Gasteiger partial charge in [-0.25, -0.2) is 8.78 Å². The van der Waals surface area contributed by atoms with E-state index in [1.165, 1.54) is 44.6 Å². The van der Waals surface area contributed by atoms with Crippen LogP contribution in [0.2, 0.25) is 0 Å². The minimum atomic E-state index is -0.912. The van der Waals surface area contributed by atoms with Crippen molar-refractivity contribution in [1.29, 1.82) is 0 Å². The third-order valence-corrected chi connectivity index (χ3v) is 10.2. The van der Waals surface area contributed by atoms with Crippen molar-refractivity contribution in [1.82, 2.24) is 10.1 Å². The molecule has 0 spiro atoms. The third kappa shape index (κ3) is 7.41. The fraction of sp³-hybridized carbons (Fsp3) is 0.750. The zero-order chi connectivity index (χ0) is 28.1. The van der Waals surface area contributed by atoms with E-state index in [1.54, 1.807) is 7.11 Å². The van der Waals surface area contributed by atoms with Gasteiger partial charge in [0, 0.05) is 51.7 Å². The molecule has 2 aromatic rings. The van der Waals surface area contributed by atoms with Crippen molar-refractivity contribution >= 4 is 22.6 Å². The van der Waals surface area contributed by atoms with E-state index in [4.69, 9.17) is 9.26 Å². The highest BCUT2D eigenvalue weighted by molar-refractivity contribution is 5.88. The number of Topliss-reactive ketones (excluding diaryl/α,β-unsaturated/α-hetero) is 1. The number of benzene rings is 1. The summed E-state index contributed by atoms with van der Waals surface area (Å²) in [5, 5.41) is 4.63. The molecule has 5 rings (SSSR count). The maximum Gasteiger partial charge on any atom is 0.180 e. The van der Waals surface area contributed by atoms with Crippen molar-refractivity contribution in [3.05, 3.63) is 23.8 Å². The van der Waals surface area contributed by atoms with Gasteiger partial charge >= 0.3 is 0 Å². The number of anilines is 1. The van der Waals surface area contributed by atoms with Crippen molar-refractivity contribution in [2.45, 2.75) is 90.1 Å². The number of fused-ring (bicyclic) bond motifs is 1. The number of rotatable bonds is 11. The lowest BCUT2D eigenvalue weighted by atomic mass is 9.77. The fourth-order valence-corrected chi connectivity index (χ4v) is 7.21. The van der Waals surface area contributed by atoms with Crippen LogP contribution in [-0.4, -0.2) is 61.8 Å². The average molecular weight is 560 g/mol. The largest absolute Gasteiger partial charge is 0.381 e. The molecule has 0 radical (unpaired) electrons. The highest BCUT2D eigenvalue weighted by atomic mass is 19.2. The quantitative estimate of drug-likeness (QED) is 0.295. The van der Waals surface area contributed by atoms with Crippen molar-refractivity contribution < 1.29 is 22.8 Å². The van der Waals surface area contributed by atoms with Crippen molar-refractivity contribution in [3.63, 3.8) is 0 Å². The van der Waals surface area contributed by atoms with Gasteiger partial charge < -0.3 is 14.2 Å². The molecule has 222 valence electrons. The predicted molar refractivity (Wildman–Crippen MR) is 153 cm³/mol. The maximum atomic E-state index is 13.8. The number of piperazine rings is 1. The molecule has 2 aliphatic carbocycles. The summed E-state index contributed by atoms with van der Waals surface area (Å²) in [5.41, 5.74) is 0.286. The number of carbonyl (C=O) groups is 1. The zero-order valence-corrected chi connectivity index (χ0v) is 24.4. The van der Waals surface area contributed by atoms with E-state index in [0.29, 0.717) is 29.0 Å². The molecule has 1 aromatic carbocycles. The minimum Gasteiger partial charge on any atom is -0.381 e. The highest BCUT2D eigenvalue weighted by Gasteiger charge is 2.27. The van der Waals surface area contributed by atoms with E-state index in [1.807, 2.05) is 0 Å². The molecular formula is C32H47F2N3O3. The van der Waals surface area contributed by atoms with Gasteiger partial charge in [0.1, 0.15) is 5.78 Å². The molecule has 1 atom stereocenters. The summed E-state index contributed by atoms with van der Waals surface area (Å²) in [7, 11) is 1.80. The number of aromatic nitrogens is 1. The van der Waals surface area contributed by atoms with Crippen LogP contribution in [0.4, 0.5) is 14.6 Å². The molecule has 3 aliphatic rings. The Morgan fingerprint density at radius 1 is 0.950 bits per heavy atom. The van der Waals surface area contributed by atoms with E-state index in [0.717, 1.165) is 89.2 Å².